The molecular weight excluding hydrogens is 378 g/mol. The summed E-state index contributed by atoms with van der Waals surface area (Å²) in [5.41, 5.74) is 1.13. The van der Waals surface area contributed by atoms with Crippen LogP contribution >= 0.6 is 0 Å². The van der Waals surface area contributed by atoms with E-state index in [4.69, 9.17) is 9.47 Å². The van der Waals surface area contributed by atoms with Crippen LogP contribution in [0.15, 0.2) is 18.2 Å². The van der Waals surface area contributed by atoms with Crippen LogP contribution in [0.1, 0.15) is 50.5 Å². The van der Waals surface area contributed by atoms with Crippen molar-refractivity contribution in [1.29, 1.82) is 0 Å². The van der Waals surface area contributed by atoms with Crippen molar-refractivity contribution >= 4 is 0 Å². The third kappa shape index (κ3) is 7.73. The van der Waals surface area contributed by atoms with Crippen LogP contribution in [0.5, 0.6) is 11.5 Å². The monoisotopic (exact) mass is 419 g/mol. The molecule has 30 heavy (non-hydrogen) atoms. The largest absolute Gasteiger partial charge is 0.497 e. The average Bonchev–Trinajstić information content (AvgIpc) is 2.73. The molecular formula is C24H41N3O3. The van der Waals surface area contributed by atoms with E-state index in [0.717, 1.165) is 49.8 Å². The number of ether oxygens (including phenoxy) is 2. The molecule has 2 fully saturated rings. The second-order valence-corrected chi connectivity index (χ2v) is 8.97. The highest BCUT2D eigenvalue weighted by Gasteiger charge is 2.18. The molecule has 0 amide bonds. The van der Waals surface area contributed by atoms with E-state index in [1.54, 1.807) is 7.11 Å². The Bertz CT molecular complexity index is 612. The quantitative estimate of drug-likeness (QED) is 0.642. The number of β-amino-alcohol motifs (C(OH)–C–C–N with tert-alkyl or cyclic N) is 1. The molecule has 1 aromatic rings. The minimum atomic E-state index is -0.494. The molecule has 2 aliphatic rings. The third-order valence-corrected chi connectivity index (χ3v) is 6.46. The summed E-state index contributed by atoms with van der Waals surface area (Å²) in [7, 11) is 3.82. The van der Waals surface area contributed by atoms with Crippen LogP contribution in [0.4, 0.5) is 0 Å². The second-order valence-electron chi connectivity index (χ2n) is 8.97. The first-order valence-electron chi connectivity index (χ1n) is 11.8. The number of nitrogens with one attached hydrogen (secondary N) is 1. The number of nitrogens with zero attached hydrogens (tertiary/aromatic N) is 2. The van der Waals surface area contributed by atoms with Gasteiger partial charge in [-0.25, -0.2) is 0 Å². The molecule has 0 spiro atoms. The summed E-state index contributed by atoms with van der Waals surface area (Å²) in [6, 6.07) is 6.60. The average molecular weight is 420 g/mol. The molecule has 1 saturated carbocycles. The van der Waals surface area contributed by atoms with Crippen LogP contribution in [-0.4, -0.2) is 80.5 Å². The molecule has 1 aromatic carbocycles. The van der Waals surface area contributed by atoms with Gasteiger partial charge in [0.05, 0.1) is 7.11 Å². The molecule has 0 unspecified atom stereocenters. The maximum Gasteiger partial charge on any atom is 0.127 e. The number of hydrogen-bond acceptors (Lipinski definition) is 6. The molecule has 1 aliphatic carbocycles. The molecule has 1 atom stereocenters. The summed E-state index contributed by atoms with van der Waals surface area (Å²) < 4.78 is 11.5. The lowest BCUT2D eigenvalue weighted by Crippen LogP contribution is -2.47. The number of rotatable bonds is 9. The van der Waals surface area contributed by atoms with Crippen molar-refractivity contribution in [2.75, 3.05) is 53.5 Å². The number of piperazine rings is 1. The van der Waals surface area contributed by atoms with Gasteiger partial charge in [-0.05, 0) is 26.0 Å². The Labute approximate surface area is 182 Å². The first-order valence-corrected chi connectivity index (χ1v) is 11.8. The predicted molar refractivity (Wildman–Crippen MR) is 121 cm³/mol. The van der Waals surface area contributed by atoms with Crippen molar-refractivity contribution in [3.63, 3.8) is 0 Å². The Morgan fingerprint density at radius 1 is 1.07 bits per heavy atom. The zero-order chi connectivity index (χ0) is 21.2. The Hall–Kier alpha value is -1.34. The molecule has 6 heteroatoms. The Kier molecular flexibility index (Phi) is 9.72. The smallest absolute Gasteiger partial charge is 0.127 e. The molecule has 0 aromatic heterocycles. The molecule has 1 saturated heterocycles. The van der Waals surface area contributed by atoms with Gasteiger partial charge in [-0.3, -0.25) is 4.90 Å². The fourth-order valence-electron chi connectivity index (χ4n) is 4.42. The number of likely N-dealkylation sites (N-methyl/N-ethyl adjacent to an activating group) is 1. The van der Waals surface area contributed by atoms with E-state index in [1.165, 1.54) is 44.9 Å². The summed E-state index contributed by atoms with van der Waals surface area (Å²) >= 11 is 0. The SMILES string of the molecule is COc1ccc(CNC2CCCCCCC2)c(OC[C@H](O)CN2CCN(C)CC2)c1. The van der Waals surface area contributed by atoms with Gasteiger partial charge in [0.2, 0.25) is 0 Å². The van der Waals surface area contributed by atoms with E-state index in [2.05, 4.69) is 28.2 Å². The minimum Gasteiger partial charge on any atom is -0.497 e. The van der Waals surface area contributed by atoms with Crippen molar-refractivity contribution in [3.8, 4) is 11.5 Å². The van der Waals surface area contributed by atoms with Crippen LogP contribution < -0.4 is 14.8 Å². The highest BCUT2D eigenvalue weighted by molar-refractivity contribution is 5.40. The molecule has 0 radical (unpaired) electrons. The van der Waals surface area contributed by atoms with E-state index in [9.17, 15) is 5.11 Å². The van der Waals surface area contributed by atoms with E-state index in [0.29, 0.717) is 19.2 Å². The summed E-state index contributed by atoms with van der Waals surface area (Å²) in [4.78, 5) is 4.64. The molecule has 1 heterocycles. The molecule has 6 nitrogen and oxygen atoms in total. The topological polar surface area (TPSA) is 57.2 Å². The number of aliphatic hydroxyl groups is 1. The molecule has 0 bridgehead atoms. The normalized spacial score (nSPS) is 21.0. The molecule has 170 valence electrons. The summed E-state index contributed by atoms with van der Waals surface area (Å²) in [6.45, 7) is 5.87. The number of benzene rings is 1. The standard InChI is InChI=1S/C24H41N3O3/c1-26-12-14-27(15-13-26)18-22(28)19-30-24-16-23(29-2)11-10-20(24)17-25-21-8-6-4-3-5-7-9-21/h10-11,16,21-22,25,28H,3-9,12-15,17-19H2,1-2H3/t22-/m1/s1. The maximum absolute atomic E-state index is 10.5. The summed E-state index contributed by atoms with van der Waals surface area (Å²) in [5, 5.41) is 14.3. The van der Waals surface area contributed by atoms with Crippen molar-refractivity contribution in [3.05, 3.63) is 23.8 Å². The van der Waals surface area contributed by atoms with Crippen molar-refractivity contribution < 1.29 is 14.6 Å². The second kappa shape index (κ2) is 12.5. The lowest BCUT2D eigenvalue weighted by molar-refractivity contribution is 0.0501. The molecule has 3 rings (SSSR count). The highest BCUT2D eigenvalue weighted by Crippen LogP contribution is 2.26. The predicted octanol–water partition coefficient (Wildman–Crippen LogP) is 2.88. The maximum atomic E-state index is 10.5. The number of hydrogen-bond donors (Lipinski definition) is 2. The van der Waals surface area contributed by atoms with Crippen LogP contribution in [0.25, 0.3) is 0 Å². The van der Waals surface area contributed by atoms with Gasteiger partial charge < -0.3 is 24.8 Å². The third-order valence-electron chi connectivity index (χ3n) is 6.46. The van der Waals surface area contributed by atoms with Crippen LogP contribution in [0, 0.1) is 0 Å². The van der Waals surface area contributed by atoms with Crippen molar-refractivity contribution in [2.24, 2.45) is 0 Å². The summed E-state index contributed by atoms with van der Waals surface area (Å²) in [6.07, 6.45) is 8.78. The summed E-state index contributed by atoms with van der Waals surface area (Å²) in [5.74, 6) is 1.60. The van der Waals surface area contributed by atoms with Gasteiger partial charge in [0, 0.05) is 56.9 Å². The molecule has 2 N–H and O–H groups in total. The number of methoxy groups -OCH3 is 1. The van der Waals surface area contributed by atoms with Gasteiger partial charge in [-0.2, -0.15) is 0 Å². The van der Waals surface area contributed by atoms with Gasteiger partial charge in [-0.15, -0.1) is 0 Å². The van der Waals surface area contributed by atoms with Crippen LogP contribution in [0.3, 0.4) is 0 Å². The minimum absolute atomic E-state index is 0.302. The van der Waals surface area contributed by atoms with E-state index in [-0.39, 0.29) is 0 Å². The zero-order valence-corrected chi connectivity index (χ0v) is 18.9. The highest BCUT2D eigenvalue weighted by atomic mass is 16.5. The Morgan fingerprint density at radius 2 is 1.77 bits per heavy atom. The van der Waals surface area contributed by atoms with Gasteiger partial charge in [-0.1, -0.05) is 38.2 Å². The Balaban J connectivity index is 1.52. The molecule has 1 aliphatic heterocycles. The van der Waals surface area contributed by atoms with Crippen molar-refractivity contribution in [2.45, 2.75) is 63.6 Å². The van der Waals surface area contributed by atoms with Crippen LogP contribution in [0.2, 0.25) is 0 Å². The first kappa shape index (κ1) is 23.3. The number of aliphatic hydroxyl groups excluding tert-OH is 1. The Morgan fingerprint density at radius 3 is 2.47 bits per heavy atom. The first-order chi connectivity index (χ1) is 14.6. The fraction of sp³-hybridized carbons (Fsp3) is 0.750. The lowest BCUT2D eigenvalue weighted by Gasteiger charge is -2.33. The zero-order valence-electron chi connectivity index (χ0n) is 18.9. The van der Waals surface area contributed by atoms with Gasteiger partial charge >= 0.3 is 0 Å². The fourth-order valence-corrected chi connectivity index (χ4v) is 4.42. The van der Waals surface area contributed by atoms with E-state index < -0.39 is 6.10 Å². The van der Waals surface area contributed by atoms with E-state index in [1.807, 2.05) is 12.1 Å². The lowest BCUT2D eigenvalue weighted by atomic mass is 9.96. The van der Waals surface area contributed by atoms with E-state index >= 15 is 0 Å². The van der Waals surface area contributed by atoms with Gasteiger partial charge in [0.1, 0.15) is 24.2 Å². The van der Waals surface area contributed by atoms with Crippen molar-refractivity contribution in [1.82, 2.24) is 15.1 Å². The van der Waals surface area contributed by atoms with Gasteiger partial charge in [0.25, 0.3) is 0 Å². The van der Waals surface area contributed by atoms with Crippen LogP contribution in [-0.2, 0) is 6.54 Å². The van der Waals surface area contributed by atoms with Gasteiger partial charge in [0.15, 0.2) is 0 Å².